The Morgan fingerprint density at radius 1 is 1.29 bits per heavy atom. The second kappa shape index (κ2) is 6.50. The first-order valence-electron chi connectivity index (χ1n) is 6.58. The number of rotatable bonds is 5. The molecule has 0 fully saturated rings. The van der Waals surface area contributed by atoms with Crippen LogP contribution >= 0.6 is 22.9 Å². The van der Waals surface area contributed by atoms with Crippen molar-refractivity contribution < 1.29 is 9.53 Å². The Morgan fingerprint density at radius 2 is 1.95 bits per heavy atom. The SMILES string of the molecule is COc1ccc(C(Cl)C(=O)NC(C)(C)c2cccs2)cc1. The first kappa shape index (κ1) is 15.9. The molecule has 1 amide bonds. The quantitative estimate of drug-likeness (QED) is 0.842. The highest BCUT2D eigenvalue weighted by atomic mass is 35.5. The number of hydrogen-bond acceptors (Lipinski definition) is 3. The Kier molecular flexibility index (Phi) is 4.91. The monoisotopic (exact) mass is 323 g/mol. The number of carbonyl (C=O) groups is 1. The van der Waals surface area contributed by atoms with Crippen LogP contribution in [0, 0.1) is 0 Å². The van der Waals surface area contributed by atoms with Crippen molar-refractivity contribution in [3.8, 4) is 5.75 Å². The zero-order chi connectivity index (χ0) is 15.5. The summed E-state index contributed by atoms with van der Waals surface area (Å²) in [4.78, 5) is 13.4. The van der Waals surface area contributed by atoms with E-state index < -0.39 is 10.9 Å². The smallest absolute Gasteiger partial charge is 0.243 e. The van der Waals surface area contributed by atoms with Gasteiger partial charge in [-0.2, -0.15) is 0 Å². The van der Waals surface area contributed by atoms with Gasteiger partial charge in [-0.15, -0.1) is 22.9 Å². The number of hydrogen-bond donors (Lipinski definition) is 1. The van der Waals surface area contributed by atoms with E-state index in [0.717, 1.165) is 16.2 Å². The Balaban J connectivity index is 2.08. The molecule has 1 aromatic heterocycles. The van der Waals surface area contributed by atoms with E-state index in [0.29, 0.717) is 0 Å². The number of alkyl halides is 1. The molecule has 0 radical (unpaired) electrons. The van der Waals surface area contributed by atoms with Crippen molar-refractivity contribution in [3.63, 3.8) is 0 Å². The molecule has 0 spiro atoms. The summed E-state index contributed by atoms with van der Waals surface area (Å²) in [6, 6.07) is 11.2. The highest BCUT2D eigenvalue weighted by molar-refractivity contribution is 7.10. The summed E-state index contributed by atoms with van der Waals surface area (Å²) in [6.45, 7) is 3.93. The van der Waals surface area contributed by atoms with Crippen molar-refractivity contribution in [1.82, 2.24) is 5.32 Å². The molecule has 0 bridgehead atoms. The molecule has 1 N–H and O–H groups in total. The second-order valence-electron chi connectivity index (χ2n) is 5.23. The van der Waals surface area contributed by atoms with E-state index in [1.54, 1.807) is 42.7 Å². The van der Waals surface area contributed by atoms with Crippen molar-refractivity contribution >= 4 is 28.8 Å². The van der Waals surface area contributed by atoms with Crippen molar-refractivity contribution in [1.29, 1.82) is 0 Å². The predicted molar refractivity (Wildman–Crippen MR) is 87.1 cm³/mol. The van der Waals surface area contributed by atoms with Gasteiger partial charge in [-0.05, 0) is 43.0 Å². The van der Waals surface area contributed by atoms with Crippen molar-refractivity contribution in [2.45, 2.75) is 24.8 Å². The van der Waals surface area contributed by atoms with Crippen LogP contribution in [0.5, 0.6) is 5.75 Å². The molecule has 1 atom stereocenters. The molecule has 0 saturated heterocycles. The topological polar surface area (TPSA) is 38.3 Å². The second-order valence-corrected chi connectivity index (χ2v) is 6.61. The summed E-state index contributed by atoms with van der Waals surface area (Å²) in [5.74, 6) is 0.530. The number of thiophene rings is 1. The van der Waals surface area contributed by atoms with Crippen LogP contribution in [0.1, 0.15) is 29.7 Å². The Morgan fingerprint density at radius 3 is 2.48 bits per heavy atom. The van der Waals surface area contributed by atoms with Gasteiger partial charge in [-0.25, -0.2) is 0 Å². The number of benzene rings is 1. The van der Waals surface area contributed by atoms with E-state index in [4.69, 9.17) is 16.3 Å². The van der Waals surface area contributed by atoms with Crippen LogP contribution in [0.15, 0.2) is 41.8 Å². The lowest BCUT2D eigenvalue weighted by molar-refractivity contribution is -0.122. The van der Waals surface area contributed by atoms with E-state index >= 15 is 0 Å². The highest BCUT2D eigenvalue weighted by Gasteiger charge is 2.27. The lowest BCUT2D eigenvalue weighted by Crippen LogP contribution is -2.41. The molecule has 1 unspecified atom stereocenters. The fraction of sp³-hybridized carbons (Fsp3) is 0.312. The highest BCUT2D eigenvalue weighted by Crippen LogP contribution is 2.28. The third kappa shape index (κ3) is 3.77. The summed E-state index contributed by atoms with van der Waals surface area (Å²) in [5.41, 5.74) is 0.308. The molecule has 21 heavy (non-hydrogen) atoms. The van der Waals surface area contributed by atoms with Gasteiger partial charge in [0.25, 0.3) is 0 Å². The zero-order valence-corrected chi connectivity index (χ0v) is 13.8. The number of methoxy groups -OCH3 is 1. The zero-order valence-electron chi connectivity index (χ0n) is 12.2. The van der Waals surface area contributed by atoms with Gasteiger partial charge < -0.3 is 10.1 Å². The summed E-state index contributed by atoms with van der Waals surface area (Å²) in [7, 11) is 1.60. The lowest BCUT2D eigenvalue weighted by Gasteiger charge is -2.26. The molecule has 1 heterocycles. The number of ether oxygens (including phenoxy) is 1. The maximum absolute atomic E-state index is 12.3. The molecule has 112 valence electrons. The molecule has 5 heteroatoms. The molecule has 2 rings (SSSR count). The molecule has 0 saturated carbocycles. The van der Waals surface area contributed by atoms with Crippen LogP contribution in [0.4, 0.5) is 0 Å². The fourth-order valence-corrected chi connectivity index (χ4v) is 3.00. The first-order valence-corrected chi connectivity index (χ1v) is 7.89. The van der Waals surface area contributed by atoms with Gasteiger partial charge in [0, 0.05) is 4.88 Å². The van der Waals surface area contributed by atoms with Gasteiger partial charge >= 0.3 is 0 Å². The molecule has 1 aromatic carbocycles. The van der Waals surface area contributed by atoms with Gasteiger partial charge in [-0.1, -0.05) is 18.2 Å². The number of halogens is 1. The molecular formula is C16H18ClNO2S. The average Bonchev–Trinajstić information content (AvgIpc) is 3.01. The number of amides is 1. The standard InChI is InChI=1S/C16H18ClNO2S/c1-16(2,13-5-4-10-21-13)18-15(19)14(17)11-6-8-12(20-3)9-7-11/h4-10,14H,1-3H3,(H,18,19). The third-order valence-electron chi connectivity index (χ3n) is 3.21. The van der Waals surface area contributed by atoms with Crippen molar-refractivity contribution in [2.75, 3.05) is 7.11 Å². The maximum Gasteiger partial charge on any atom is 0.243 e. The Bertz CT molecular complexity index is 593. The Labute approximate surface area is 133 Å². The van der Waals surface area contributed by atoms with E-state index in [-0.39, 0.29) is 5.91 Å². The van der Waals surface area contributed by atoms with Crippen LogP contribution in [-0.4, -0.2) is 13.0 Å². The summed E-state index contributed by atoms with van der Waals surface area (Å²) in [5, 5.41) is 4.26. The van der Waals surface area contributed by atoms with Crippen LogP contribution in [0.2, 0.25) is 0 Å². The molecule has 0 aliphatic carbocycles. The number of nitrogens with one attached hydrogen (secondary N) is 1. The van der Waals surface area contributed by atoms with E-state index in [1.807, 2.05) is 31.4 Å². The van der Waals surface area contributed by atoms with E-state index in [1.165, 1.54) is 0 Å². The van der Waals surface area contributed by atoms with Crippen LogP contribution < -0.4 is 10.1 Å². The normalized spacial score (nSPS) is 12.8. The predicted octanol–water partition coefficient (Wildman–Crippen LogP) is 4.09. The summed E-state index contributed by atoms with van der Waals surface area (Å²) in [6.07, 6.45) is 0. The maximum atomic E-state index is 12.3. The van der Waals surface area contributed by atoms with Gasteiger partial charge in [-0.3, -0.25) is 4.79 Å². The summed E-state index contributed by atoms with van der Waals surface area (Å²) >= 11 is 7.88. The minimum atomic E-state index is -0.727. The molecule has 0 aliphatic rings. The van der Waals surface area contributed by atoms with E-state index in [9.17, 15) is 4.79 Å². The number of carbonyl (C=O) groups excluding carboxylic acids is 1. The molecule has 2 aromatic rings. The van der Waals surface area contributed by atoms with Gasteiger partial charge in [0.2, 0.25) is 5.91 Å². The first-order chi connectivity index (χ1) is 9.94. The van der Waals surface area contributed by atoms with Crippen LogP contribution in [-0.2, 0) is 10.3 Å². The van der Waals surface area contributed by atoms with Gasteiger partial charge in [0.1, 0.15) is 11.1 Å². The van der Waals surface area contributed by atoms with Gasteiger partial charge in [0.15, 0.2) is 0 Å². The molecule has 3 nitrogen and oxygen atoms in total. The largest absolute Gasteiger partial charge is 0.497 e. The van der Waals surface area contributed by atoms with Gasteiger partial charge in [0.05, 0.1) is 12.6 Å². The van der Waals surface area contributed by atoms with E-state index in [2.05, 4.69) is 5.32 Å². The van der Waals surface area contributed by atoms with Crippen molar-refractivity contribution in [3.05, 3.63) is 52.2 Å². The molecule has 0 aliphatic heterocycles. The average molecular weight is 324 g/mol. The third-order valence-corrected chi connectivity index (χ3v) is 4.86. The fourth-order valence-electron chi connectivity index (χ4n) is 1.99. The summed E-state index contributed by atoms with van der Waals surface area (Å²) < 4.78 is 5.10. The van der Waals surface area contributed by atoms with Crippen LogP contribution in [0.25, 0.3) is 0 Å². The minimum absolute atomic E-state index is 0.208. The molecular weight excluding hydrogens is 306 g/mol. The lowest BCUT2D eigenvalue weighted by atomic mass is 10.0. The van der Waals surface area contributed by atoms with Crippen molar-refractivity contribution in [2.24, 2.45) is 0 Å². The minimum Gasteiger partial charge on any atom is -0.497 e. The van der Waals surface area contributed by atoms with Crippen LogP contribution in [0.3, 0.4) is 0 Å². The Hall–Kier alpha value is -1.52.